The van der Waals surface area contributed by atoms with Crippen LogP contribution < -0.4 is 10.1 Å². The van der Waals surface area contributed by atoms with Gasteiger partial charge in [-0.15, -0.1) is 0 Å². The van der Waals surface area contributed by atoms with E-state index in [0.717, 1.165) is 12.1 Å². The van der Waals surface area contributed by atoms with Gasteiger partial charge in [0.15, 0.2) is 0 Å². The van der Waals surface area contributed by atoms with Gasteiger partial charge in [-0.3, -0.25) is 5.32 Å². The fourth-order valence-corrected chi connectivity index (χ4v) is 2.93. The first kappa shape index (κ1) is 17.6. The molecular formula is C15H10BrClF3NO2. The van der Waals surface area contributed by atoms with Crippen molar-refractivity contribution in [2.24, 2.45) is 0 Å². The third-order valence-electron chi connectivity index (χ3n) is 2.86. The molecule has 0 saturated heterocycles. The Kier molecular flexibility index (Phi) is 5.21. The van der Waals surface area contributed by atoms with E-state index in [2.05, 4.69) is 21.2 Å². The number of ether oxygens (including phenoxy) is 1. The van der Waals surface area contributed by atoms with E-state index in [1.165, 1.54) is 18.2 Å². The quantitative estimate of drug-likeness (QED) is 0.658. The van der Waals surface area contributed by atoms with Crippen LogP contribution >= 0.6 is 27.5 Å². The molecule has 0 atom stereocenters. The number of para-hydroxylation sites is 1. The number of hydrogen-bond donors (Lipinski definition) is 1. The Morgan fingerprint density at radius 2 is 1.91 bits per heavy atom. The minimum atomic E-state index is -4.58. The number of aryl methyl sites for hydroxylation is 1. The molecule has 1 N–H and O–H groups in total. The molecule has 122 valence electrons. The van der Waals surface area contributed by atoms with Gasteiger partial charge in [-0.25, -0.2) is 4.79 Å². The molecule has 0 aromatic heterocycles. The summed E-state index contributed by atoms with van der Waals surface area (Å²) in [5, 5.41) is 2.53. The summed E-state index contributed by atoms with van der Waals surface area (Å²) in [5.74, 6) is 0.177. The van der Waals surface area contributed by atoms with Crippen molar-refractivity contribution in [3.8, 4) is 5.75 Å². The molecule has 0 heterocycles. The van der Waals surface area contributed by atoms with Gasteiger partial charge in [0.05, 0.1) is 15.7 Å². The summed E-state index contributed by atoms with van der Waals surface area (Å²) in [6.45, 7) is 1.66. The summed E-state index contributed by atoms with van der Waals surface area (Å²) in [7, 11) is 0. The molecule has 2 aromatic carbocycles. The van der Waals surface area contributed by atoms with E-state index in [1.807, 2.05) is 0 Å². The molecule has 0 aliphatic carbocycles. The molecule has 0 saturated carbocycles. The predicted octanol–water partition coefficient (Wildman–Crippen LogP) is 6.04. The van der Waals surface area contributed by atoms with Crippen molar-refractivity contribution in [1.29, 1.82) is 0 Å². The van der Waals surface area contributed by atoms with Crippen LogP contribution in [0.15, 0.2) is 40.9 Å². The molecule has 1 amide bonds. The molecule has 8 heteroatoms. The van der Waals surface area contributed by atoms with Crippen LogP contribution in [0.25, 0.3) is 0 Å². The van der Waals surface area contributed by atoms with Gasteiger partial charge in [-0.1, -0.05) is 23.7 Å². The van der Waals surface area contributed by atoms with Crippen LogP contribution in [0.4, 0.5) is 23.7 Å². The zero-order valence-corrected chi connectivity index (χ0v) is 14.0. The topological polar surface area (TPSA) is 38.3 Å². The molecule has 0 radical (unpaired) electrons. The third kappa shape index (κ3) is 4.39. The zero-order chi connectivity index (χ0) is 17.2. The first-order valence-corrected chi connectivity index (χ1v) is 7.46. The van der Waals surface area contributed by atoms with Crippen LogP contribution in [0.5, 0.6) is 5.75 Å². The number of nitrogens with one attached hydrogen (secondary N) is 1. The van der Waals surface area contributed by atoms with E-state index in [9.17, 15) is 18.0 Å². The van der Waals surface area contributed by atoms with Gasteiger partial charge in [0.25, 0.3) is 0 Å². The lowest BCUT2D eigenvalue weighted by molar-refractivity contribution is -0.136. The maximum absolute atomic E-state index is 12.9. The van der Waals surface area contributed by atoms with Gasteiger partial charge in [-0.05, 0) is 52.7 Å². The van der Waals surface area contributed by atoms with Crippen LogP contribution in [-0.4, -0.2) is 6.09 Å². The van der Waals surface area contributed by atoms with Crippen molar-refractivity contribution < 1.29 is 22.7 Å². The second kappa shape index (κ2) is 6.80. The largest absolute Gasteiger partial charge is 0.418 e. The van der Waals surface area contributed by atoms with Crippen LogP contribution in [-0.2, 0) is 6.18 Å². The molecular weight excluding hydrogens is 399 g/mol. The third-order valence-corrected chi connectivity index (χ3v) is 3.67. The molecule has 3 nitrogen and oxygen atoms in total. The van der Waals surface area contributed by atoms with Crippen LogP contribution in [0, 0.1) is 6.92 Å². The lowest BCUT2D eigenvalue weighted by Crippen LogP contribution is -2.20. The minimum Gasteiger partial charge on any atom is -0.409 e. The Morgan fingerprint density at radius 1 is 1.26 bits per heavy atom. The number of carbonyl (C=O) groups excluding carboxylic acids is 1. The Morgan fingerprint density at radius 3 is 2.52 bits per heavy atom. The fourth-order valence-electron chi connectivity index (χ4n) is 1.89. The second-order valence-electron chi connectivity index (χ2n) is 4.59. The summed E-state index contributed by atoms with van der Waals surface area (Å²) in [5.41, 5.74) is -0.778. The maximum atomic E-state index is 12.9. The Bertz CT molecular complexity index is 727. The Balaban J connectivity index is 2.22. The lowest BCUT2D eigenvalue weighted by atomic mass is 10.1. The number of anilines is 1. The van der Waals surface area contributed by atoms with Crippen molar-refractivity contribution in [2.45, 2.75) is 13.1 Å². The van der Waals surface area contributed by atoms with E-state index in [4.69, 9.17) is 16.3 Å². The van der Waals surface area contributed by atoms with E-state index in [-0.39, 0.29) is 11.4 Å². The molecule has 2 rings (SSSR count). The highest BCUT2D eigenvalue weighted by Crippen LogP contribution is 2.35. The SMILES string of the molecule is Cc1cc(Cl)cc(Br)c1OC(=O)Nc1ccccc1C(F)(F)F. The second-order valence-corrected chi connectivity index (χ2v) is 5.88. The monoisotopic (exact) mass is 407 g/mol. The first-order valence-electron chi connectivity index (χ1n) is 6.29. The standard InChI is InChI=1S/C15H10BrClF3NO2/c1-8-6-9(17)7-11(16)13(8)23-14(22)21-12-5-3-2-4-10(12)15(18,19)20/h2-7H,1H3,(H,21,22). The fraction of sp³-hybridized carbons (Fsp3) is 0.133. The number of carbonyl (C=O) groups is 1. The van der Waals surface area contributed by atoms with Crippen LogP contribution in [0.1, 0.15) is 11.1 Å². The molecule has 2 aromatic rings. The number of rotatable bonds is 2. The van der Waals surface area contributed by atoms with Gasteiger partial charge in [-0.2, -0.15) is 13.2 Å². The molecule has 23 heavy (non-hydrogen) atoms. The number of alkyl halides is 3. The van der Waals surface area contributed by atoms with Crippen molar-refractivity contribution in [1.82, 2.24) is 0 Å². The predicted molar refractivity (Wildman–Crippen MR) is 85.0 cm³/mol. The summed E-state index contributed by atoms with van der Waals surface area (Å²) in [4.78, 5) is 11.9. The van der Waals surface area contributed by atoms with Gasteiger partial charge in [0.2, 0.25) is 0 Å². The molecule has 0 fully saturated rings. The summed E-state index contributed by atoms with van der Waals surface area (Å²) in [6.07, 6.45) is -5.62. The number of halogens is 5. The van der Waals surface area contributed by atoms with Gasteiger partial charge in [0, 0.05) is 5.02 Å². The summed E-state index contributed by atoms with van der Waals surface area (Å²) in [6, 6.07) is 7.72. The van der Waals surface area contributed by atoms with Crippen molar-refractivity contribution in [2.75, 3.05) is 5.32 Å². The van der Waals surface area contributed by atoms with E-state index in [1.54, 1.807) is 13.0 Å². The van der Waals surface area contributed by atoms with Gasteiger partial charge < -0.3 is 4.74 Å². The average Bonchev–Trinajstić information content (AvgIpc) is 2.42. The Hall–Kier alpha value is -1.73. The average molecular weight is 409 g/mol. The van der Waals surface area contributed by atoms with Gasteiger partial charge in [0.1, 0.15) is 5.75 Å². The normalized spacial score (nSPS) is 11.2. The lowest BCUT2D eigenvalue weighted by Gasteiger charge is -2.14. The number of benzene rings is 2. The number of hydrogen-bond acceptors (Lipinski definition) is 2. The molecule has 0 unspecified atom stereocenters. The molecule has 0 aliphatic rings. The van der Waals surface area contributed by atoms with Crippen molar-refractivity contribution >= 4 is 39.3 Å². The number of amides is 1. The molecule has 0 aliphatic heterocycles. The highest BCUT2D eigenvalue weighted by atomic mass is 79.9. The van der Waals surface area contributed by atoms with Crippen molar-refractivity contribution in [3.63, 3.8) is 0 Å². The highest BCUT2D eigenvalue weighted by molar-refractivity contribution is 9.10. The first-order chi connectivity index (χ1) is 10.7. The molecule has 0 spiro atoms. The summed E-state index contributed by atoms with van der Waals surface area (Å²) >= 11 is 9.04. The van der Waals surface area contributed by atoms with E-state index < -0.39 is 17.8 Å². The molecule has 0 bridgehead atoms. The minimum absolute atomic E-state index is 0.177. The van der Waals surface area contributed by atoms with E-state index >= 15 is 0 Å². The van der Waals surface area contributed by atoms with E-state index in [0.29, 0.717) is 15.1 Å². The Labute approximate surface area is 143 Å². The van der Waals surface area contributed by atoms with Crippen LogP contribution in [0.3, 0.4) is 0 Å². The van der Waals surface area contributed by atoms with Gasteiger partial charge >= 0.3 is 12.3 Å². The zero-order valence-electron chi connectivity index (χ0n) is 11.7. The smallest absolute Gasteiger partial charge is 0.409 e. The van der Waals surface area contributed by atoms with Crippen LogP contribution in [0.2, 0.25) is 5.02 Å². The summed E-state index contributed by atoms with van der Waals surface area (Å²) < 4.78 is 44.2. The van der Waals surface area contributed by atoms with Crippen molar-refractivity contribution in [3.05, 3.63) is 57.0 Å². The highest BCUT2D eigenvalue weighted by Gasteiger charge is 2.33. The maximum Gasteiger partial charge on any atom is 0.418 e.